The third-order valence-corrected chi connectivity index (χ3v) is 4.99. The van der Waals surface area contributed by atoms with Gasteiger partial charge in [0.1, 0.15) is 11.4 Å². The van der Waals surface area contributed by atoms with Crippen LogP contribution in [-0.4, -0.2) is 58.4 Å². The summed E-state index contributed by atoms with van der Waals surface area (Å²) in [6.45, 7) is 4.19. The van der Waals surface area contributed by atoms with Crippen LogP contribution in [-0.2, 0) is 7.05 Å². The van der Waals surface area contributed by atoms with Gasteiger partial charge in [-0.2, -0.15) is 5.10 Å². The van der Waals surface area contributed by atoms with Crippen LogP contribution in [0.5, 0.6) is 0 Å². The van der Waals surface area contributed by atoms with Gasteiger partial charge in [-0.3, -0.25) is 9.48 Å². The maximum absolute atomic E-state index is 12.8. The summed E-state index contributed by atoms with van der Waals surface area (Å²) in [5.74, 6) is 0.575. The first kappa shape index (κ1) is 17.4. The second-order valence-electron chi connectivity index (χ2n) is 6.89. The highest BCUT2D eigenvalue weighted by Gasteiger charge is 2.18. The molecule has 1 aromatic carbocycles. The number of carbonyl (C=O) groups is 1. The van der Waals surface area contributed by atoms with Gasteiger partial charge < -0.3 is 19.7 Å². The Morgan fingerprint density at radius 1 is 1.00 bits per heavy atom. The van der Waals surface area contributed by atoms with Gasteiger partial charge in [-0.15, -0.1) is 0 Å². The Morgan fingerprint density at radius 3 is 2.33 bits per heavy atom. The van der Waals surface area contributed by atoms with Crippen LogP contribution < -0.4 is 10.2 Å². The quantitative estimate of drug-likeness (QED) is 0.771. The third kappa shape index (κ3) is 3.59. The molecular weight excluding hydrogens is 340 g/mol. The van der Waals surface area contributed by atoms with Crippen molar-refractivity contribution in [1.82, 2.24) is 19.2 Å². The predicted octanol–water partition coefficient (Wildman–Crippen LogP) is 2.21. The molecule has 0 spiro atoms. The van der Waals surface area contributed by atoms with Crippen LogP contribution in [0.1, 0.15) is 10.4 Å². The van der Waals surface area contributed by atoms with Crippen molar-refractivity contribution in [3.05, 3.63) is 60.6 Å². The van der Waals surface area contributed by atoms with E-state index in [4.69, 9.17) is 0 Å². The number of amides is 1. The van der Waals surface area contributed by atoms with Gasteiger partial charge >= 0.3 is 0 Å². The first-order valence-electron chi connectivity index (χ1n) is 9.12. The van der Waals surface area contributed by atoms with Crippen LogP contribution in [0.15, 0.2) is 55.0 Å². The fraction of sp³-hybridized carbons (Fsp3) is 0.300. The highest BCUT2D eigenvalue weighted by molar-refractivity contribution is 6.06. The Hall–Kier alpha value is -3.06. The lowest BCUT2D eigenvalue weighted by Gasteiger charge is -2.34. The highest BCUT2D eigenvalue weighted by atomic mass is 16.1. The fourth-order valence-electron chi connectivity index (χ4n) is 3.39. The molecule has 7 nitrogen and oxygen atoms in total. The van der Waals surface area contributed by atoms with Gasteiger partial charge in [-0.05, 0) is 43.4 Å². The third-order valence-electron chi connectivity index (χ3n) is 4.99. The lowest BCUT2D eigenvalue weighted by molar-refractivity contribution is 0.102. The van der Waals surface area contributed by atoms with E-state index >= 15 is 0 Å². The first-order chi connectivity index (χ1) is 13.1. The molecule has 140 valence electrons. The minimum Gasteiger partial charge on any atom is -0.369 e. The van der Waals surface area contributed by atoms with Crippen molar-refractivity contribution in [2.45, 2.75) is 0 Å². The average molecular weight is 364 g/mol. The summed E-state index contributed by atoms with van der Waals surface area (Å²) < 4.78 is 3.59. The van der Waals surface area contributed by atoms with Crippen LogP contribution in [0, 0.1) is 0 Å². The molecule has 0 aliphatic carbocycles. The van der Waals surface area contributed by atoms with Crippen molar-refractivity contribution in [3.8, 4) is 5.82 Å². The summed E-state index contributed by atoms with van der Waals surface area (Å²) >= 11 is 0. The maximum Gasteiger partial charge on any atom is 0.261 e. The van der Waals surface area contributed by atoms with E-state index in [1.54, 1.807) is 10.9 Å². The molecule has 0 radical (unpaired) electrons. The molecule has 1 saturated heterocycles. The largest absolute Gasteiger partial charge is 0.369 e. The molecule has 1 fully saturated rings. The zero-order chi connectivity index (χ0) is 18.8. The van der Waals surface area contributed by atoms with Gasteiger partial charge in [0.05, 0.1) is 6.20 Å². The number of nitrogens with zero attached hydrogens (tertiary/aromatic N) is 5. The number of carbonyl (C=O) groups excluding carboxylic acids is 1. The van der Waals surface area contributed by atoms with E-state index in [0.29, 0.717) is 5.56 Å². The fourth-order valence-corrected chi connectivity index (χ4v) is 3.39. The average Bonchev–Trinajstić information content (AvgIpc) is 3.32. The molecule has 7 heteroatoms. The molecule has 0 saturated carbocycles. The van der Waals surface area contributed by atoms with Crippen LogP contribution in [0.4, 0.5) is 11.4 Å². The second kappa shape index (κ2) is 7.28. The summed E-state index contributed by atoms with van der Waals surface area (Å²) in [5, 5.41) is 7.22. The monoisotopic (exact) mass is 364 g/mol. The van der Waals surface area contributed by atoms with Gasteiger partial charge in [0.25, 0.3) is 5.91 Å². The first-order valence-corrected chi connectivity index (χ1v) is 9.12. The number of aryl methyl sites for hydroxylation is 1. The molecule has 27 heavy (non-hydrogen) atoms. The summed E-state index contributed by atoms with van der Waals surface area (Å²) in [7, 11) is 3.98. The Labute approximate surface area is 158 Å². The lowest BCUT2D eigenvalue weighted by atomic mass is 10.2. The molecule has 1 amide bonds. The van der Waals surface area contributed by atoms with Gasteiger partial charge in [-0.25, -0.2) is 0 Å². The van der Waals surface area contributed by atoms with Crippen molar-refractivity contribution in [2.24, 2.45) is 7.05 Å². The molecule has 1 aliphatic rings. The van der Waals surface area contributed by atoms with Crippen LogP contribution >= 0.6 is 0 Å². The van der Waals surface area contributed by atoms with Crippen LogP contribution in [0.25, 0.3) is 5.82 Å². The number of hydrogen-bond donors (Lipinski definition) is 1. The van der Waals surface area contributed by atoms with E-state index in [9.17, 15) is 4.79 Å². The maximum atomic E-state index is 12.8. The molecule has 3 aromatic rings. The molecule has 0 atom stereocenters. The Balaban J connectivity index is 1.48. The number of nitrogens with one attached hydrogen (secondary N) is 1. The van der Waals surface area contributed by atoms with Crippen molar-refractivity contribution in [1.29, 1.82) is 0 Å². The van der Waals surface area contributed by atoms with E-state index in [1.807, 2.05) is 48.3 Å². The number of aromatic nitrogens is 3. The van der Waals surface area contributed by atoms with Gasteiger partial charge in [0, 0.05) is 57.0 Å². The predicted molar refractivity (Wildman–Crippen MR) is 107 cm³/mol. The van der Waals surface area contributed by atoms with Crippen molar-refractivity contribution >= 4 is 17.3 Å². The Kier molecular flexibility index (Phi) is 4.68. The Bertz CT molecular complexity index is 905. The van der Waals surface area contributed by atoms with Gasteiger partial charge in [0.2, 0.25) is 0 Å². The highest BCUT2D eigenvalue weighted by Crippen LogP contribution is 2.21. The van der Waals surface area contributed by atoms with Crippen molar-refractivity contribution in [3.63, 3.8) is 0 Å². The van der Waals surface area contributed by atoms with Crippen molar-refractivity contribution in [2.75, 3.05) is 43.4 Å². The summed E-state index contributed by atoms with van der Waals surface area (Å²) in [5.41, 5.74) is 2.51. The van der Waals surface area contributed by atoms with E-state index in [0.717, 1.165) is 37.7 Å². The van der Waals surface area contributed by atoms with E-state index < -0.39 is 0 Å². The lowest BCUT2D eigenvalue weighted by Crippen LogP contribution is -2.44. The van der Waals surface area contributed by atoms with E-state index in [1.165, 1.54) is 5.69 Å². The van der Waals surface area contributed by atoms with Gasteiger partial charge in [-0.1, -0.05) is 0 Å². The normalized spacial score (nSPS) is 15.1. The summed E-state index contributed by atoms with van der Waals surface area (Å²) in [6, 6.07) is 11.9. The molecule has 2 aromatic heterocycles. The molecule has 1 N–H and O–H groups in total. The SMILES string of the molecule is CN1CCN(c2ccc(NC(=O)c3cnn(C)c3-n3cccc3)cc2)CC1. The van der Waals surface area contributed by atoms with Crippen molar-refractivity contribution < 1.29 is 4.79 Å². The minimum absolute atomic E-state index is 0.167. The summed E-state index contributed by atoms with van der Waals surface area (Å²) in [4.78, 5) is 17.5. The van der Waals surface area contributed by atoms with Crippen LogP contribution in [0.2, 0.25) is 0 Å². The number of likely N-dealkylation sites (N-methyl/N-ethyl adjacent to an activating group) is 1. The zero-order valence-electron chi connectivity index (χ0n) is 15.7. The standard InChI is InChI=1S/C20H24N6O/c1-23-11-13-25(14-12-23)17-7-5-16(6-8-17)22-19(27)18-15-21-24(2)20(18)26-9-3-4-10-26/h3-10,15H,11-14H2,1-2H3,(H,22,27). The van der Waals surface area contributed by atoms with Crippen LogP contribution in [0.3, 0.4) is 0 Å². The second-order valence-corrected chi connectivity index (χ2v) is 6.89. The van der Waals surface area contributed by atoms with E-state index in [-0.39, 0.29) is 5.91 Å². The molecular formula is C20H24N6O. The molecule has 4 rings (SSSR count). The Morgan fingerprint density at radius 2 is 1.67 bits per heavy atom. The topological polar surface area (TPSA) is 58.3 Å². The number of hydrogen-bond acceptors (Lipinski definition) is 4. The van der Waals surface area contributed by atoms with E-state index in [2.05, 4.69) is 39.4 Å². The number of rotatable bonds is 4. The number of anilines is 2. The minimum atomic E-state index is -0.167. The molecule has 3 heterocycles. The molecule has 1 aliphatic heterocycles. The molecule has 0 bridgehead atoms. The summed E-state index contributed by atoms with van der Waals surface area (Å²) in [6.07, 6.45) is 5.40. The van der Waals surface area contributed by atoms with Gasteiger partial charge in [0.15, 0.2) is 0 Å². The smallest absolute Gasteiger partial charge is 0.261 e. The zero-order valence-corrected chi connectivity index (χ0v) is 15.7. The molecule has 0 unspecified atom stereocenters. The number of piperazine rings is 1. The number of benzene rings is 1.